The van der Waals surface area contributed by atoms with E-state index in [9.17, 15) is 4.79 Å². The van der Waals surface area contributed by atoms with Crippen LogP contribution in [0.1, 0.15) is 52.4 Å². The van der Waals surface area contributed by atoms with Gasteiger partial charge in [-0.25, -0.2) is 0 Å². The number of amides is 1. The van der Waals surface area contributed by atoms with E-state index in [0.29, 0.717) is 36.4 Å². The van der Waals surface area contributed by atoms with Crippen molar-refractivity contribution in [3.8, 4) is 0 Å². The molecule has 1 heterocycles. The van der Waals surface area contributed by atoms with Crippen molar-refractivity contribution >= 4 is 5.91 Å². The Morgan fingerprint density at radius 2 is 1.85 bits per heavy atom. The minimum absolute atomic E-state index is 0.343. The smallest absolute Gasteiger partial charge is 0.222 e. The summed E-state index contributed by atoms with van der Waals surface area (Å²) in [6.07, 6.45) is 6.52. The van der Waals surface area contributed by atoms with Gasteiger partial charge in [0.1, 0.15) is 0 Å². The van der Waals surface area contributed by atoms with Crippen LogP contribution >= 0.6 is 0 Å². The molecule has 0 radical (unpaired) electrons. The monoisotopic (exact) mass is 281 g/mol. The van der Waals surface area contributed by atoms with E-state index >= 15 is 0 Å². The maximum absolute atomic E-state index is 12.4. The van der Waals surface area contributed by atoms with Crippen molar-refractivity contribution in [2.75, 3.05) is 20.1 Å². The molecule has 4 atom stereocenters. The van der Waals surface area contributed by atoms with Gasteiger partial charge in [0.25, 0.3) is 0 Å². The highest BCUT2D eigenvalue weighted by molar-refractivity contribution is 5.76. The third-order valence-corrected chi connectivity index (χ3v) is 5.30. The van der Waals surface area contributed by atoms with Crippen LogP contribution in [0.2, 0.25) is 0 Å². The average molecular weight is 281 g/mol. The molecule has 1 aliphatic heterocycles. The van der Waals surface area contributed by atoms with Crippen LogP contribution in [0, 0.1) is 5.92 Å². The van der Waals surface area contributed by atoms with Crippen LogP contribution in [-0.2, 0) is 4.79 Å². The summed E-state index contributed by atoms with van der Waals surface area (Å²) in [6, 6.07) is 1.30. The minimum Gasteiger partial charge on any atom is -0.340 e. The number of rotatable bonds is 3. The van der Waals surface area contributed by atoms with Gasteiger partial charge in [0, 0.05) is 37.6 Å². The van der Waals surface area contributed by atoms with Crippen LogP contribution in [-0.4, -0.2) is 54.0 Å². The molecule has 1 amide bonds. The number of likely N-dealkylation sites (N-methyl/N-ethyl adjacent to an activating group) is 1. The average Bonchev–Trinajstić information content (AvgIpc) is 2.41. The van der Waals surface area contributed by atoms with Crippen LogP contribution in [0.5, 0.6) is 0 Å². The Labute approximate surface area is 123 Å². The normalized spacial score (nSPS) is 36.1. The number of carbonyl (C=O) groups is 1. The maximum atomic E-state index is 12.4. The minimum atomic E-state index is 0.343. The lowest BCUT2D eigenvalue weighted by atomic mass is 9.83. The highest BCUT2D eigenvalue weighted by Gasteiger charge is 2.29. The van der Waals surface area contributed by atoms with Crippen molar-refractivity contribution < 1.29 is 4.79 Å². The van der Waals surface area contributed by atoms with Gasteiger partial charge < -0.3 is 10.6 Å². The fourth-order valence-electron chi connectivity index (χ4n) is 3.69. The van der Waals surface area contributed by atoms with Gasteiger partial charge in [0.05, 0.1) is 0 Å². The second-order valence-electron chi connectivity index (χ2n) is 6.99. The molecule has 0 spiro atoms. The number of hydrogen-bond acceptors (Lipinski definition) is 3. The first-order valence-electron chi connectivity index (χ1n) is 8.22. The summed E-state index contributed by atoms with van der Waals surface area (Å²) >= 11 is 0. The first kappa shape index (κ1) is 15.8. The third kappa shape index (κ3) is 3.95. The predicted octanol–water partition coefficient (Wildman–Crippen LogP) is 1.84. The largest absolute Gasteiger partial charge is 0.340 e. The van der Waals surface area contributed by atoms with Gasteiger partial charge in [-0.2, -0.15) is 0 Å². The highest BCUT2D eigenvalue weighted by Crippen LogP contribution is 2.27. The van der Waals surface area contributed by atoms with E-state index in [0.717, 1.165) is 32.4 Å². The second-order valence-corrected chi connectivity index (χ2v) is 6.99. The number of piperazine rings is 1. The quantitative estimate of drug-likeness (QED) is 0.858. The number of carbonyl (C=O) groups excluding carboxylic acids is 1. The van der Waals surface area contributed by atoms with Crippen LogP contribution in [0.3, 0.4) is 0 Å². The zero-order chi connectivity index (χ0) is 14.7. The molecule has 0 aromatic heterocycles. The van der Waals surface area contributed by atoms with Crippen molar-refractivity contribution in [3.63, 3.8) is 0 Å². The Balaban J connectivity index is 1.77. The van der Waals surface area contributed by atoms with Gasteiger partial charge >= 0.3 is 0 Å². The van der Waals surface area contributed by atoms with Gasteiger partial charge in [0.15, 0.2) is 0 Å². The van der Waals surface area contributed by atoms with Crippen molar-refractivity contribution in [1.29, 1.82) is 0 Å². The van der Waals surface area contributed by atoms with Crippen LogP contribution in [0.25, 0.3) is 0 Å². The summed E-state index contributed by atoms with van der Waals surface area (Å²) in [7, 11) is 2.15. The summed E-state index contributed by atoms with van der Waals surface area (Å²) in [6.45, 7) is 6.17. The molecule has 2 rings (SSSR count). The lowest BCUT2D eigenvalue weighted by molar-refractivity contribution is -0.135. The molecule has 4 unspecified atom stereocenters. The highest BCUT2D eigenvalue weighted by atomic mass is 16.2. The Hall–Kier alpha value is -0.610. The van der Waals surface area contributed by atoms with Crippen LogP contribution in [0.15, 0.2) is 0 Å². The molecule has 0 bridgehead atoms. The Kier molecular flexibility index (Phi) is 5.44. The lowest BCUT2D eigenvalue weighted by Crippen LogP contribution is -2.56. The lowest BCUT2D eigenvalue weighted by Gasteiger charge is -2.42. The fourth-order valence-corrected chi connectivity index (χ4v) is 3.69. The van der Waals surface area contributed by atoms with Gasteiger partial charge in [-0.1, -0.05) is 12.8 Å². The Morgan fingerprint density at radius 1 is 1.20 bits per heavy atom. The Bertz CT molecular complexity index is 322. The van der Waals surface area contributed by atoms with Gasteiger partial charge in [-0.3, -0.25) is 9.69 Å². The van der Waals surface area contributed by atoms with Gasteiger partial charge in [0.2, 0.25) is 5.91 Å². The topological polar surface area (TPSA) is 49.6 Å². The summed E-state index contributed by atoms with van der Waals surface area (Å²) < 4.78 is 0. The molecule has 1 saturated heterocycles. The van der Waals surface area contributed by atoms with E-state index in [1.54, 1.807) is 0 Å². The van der Waals surface area contributed by atoms with Crippen molar-refractivity contribution in [3.05, 3.63) is 0 Å². The molecule has 0 aromatic carbocycles. The molecule has 0 aromatic rings. The molecular formula is C16H31N3O. The maximum Gasteiger partial charge on any atom is 0.222 e. The molecular weight excluding hydrogens is 250 g/mol. The summed E-state index contributed by atoms with van der Waals surface area (Å²) in [5, 5.41) is 0. The standard InChI is InChI=1S/C16H31N3O/c1-12-10-19(11-13(2)18(12)3)16(20)8-7-14-5-4-6-15(17)9-14/h12-15H,4-11,17H2,1-3H3. The SMILES string of the molecule is CC1CN(C(=O)CCC2CCCC(N)C2)CC(C)N1C. The molecule has 4 heteroatoms. The zero-order valence-corrected chi connectivity index (χ0v) is 13.3. The van der Waals surface area contributed by atoms with E-state index in [-0.39, 0.29) is 0 Å². The van der Waals surface area contributed by atoms with Crippen LogP contribution < -0.4 is 5.73 Å². The van der Waals surface area contributed by atoms with E-state index < -0.39 is 0 Å². The number of hydrogen-bond donors (Lipinski definition) is 1. The van der Waals surface area contributed by atoms with E-state index in [1.807, 2.05) is 0 Å². The molecule has 2 fully saturated rings. The number of nitrogens with zero attached hydrogens (tertiary/aromatic N) is 2. The van der Waals surface area contributed by atoms with E-state index in [4.69, 9.17) is 5.73 Å². The summed E-state index contributed by atoms with van der Waals surface area (Å²) in [5.74, 6) is 1.01. The van der Waals surface area contributed by atoms with Crippen LogP contribution in [0.4, 0.5) is 0 Å². The molecule has 116 valence electrons. The molecule has 20 heavy (non-hydrogen) atoms. The van der Waals surface area contributed by atoms with Gasteiger partial charge in [-0.15, -0.1) is 0 Å². The molecule has 4 nitrogen and oxygen atoms in total. The van der Waals surface area contributed by atoms with Crippen molar-refractivity contribution in [2.45, 2.75) is 70.5 Å². The van der Waals surface area contributed by atoms with E-state index in [1.165, 1.54) is 12.8 Å². The molecule has 2 aliphatic rings. The molecule has 2 N–H and O–H groups in total. The molecule has 1 saturated carbocycles. The molecule has 1 aliphatic carbocycles. The predicted molar refractivity (Wildman–Crippen MR) is 82.4 cm³/mol. The van der Waals surface area contributed by atoms with Crippen molar-refractivity contribution in [2.24, 2.45) is 11.7 Å². The summed E-state index contributed by atoms with van der Waals surface area (Å²) in [4.78, 5) is 16.8. The first-order chi connectivity index (χ1) is 9.47. The number of nitrogens with two attached hydrogens (primary N) is 1. The van der Waals surface area contributed by atoms with E-state index in [2.05, 4.69) is 30.7 Å². The Morgan fingerprint density at radius 3 is 2.45 bits per heavy atom. The first-order valence-corrected chi connectivity index (χ1v) is 8.22. The van der Waals surface area contributed by atoms with Crippen molar-refractivity contribution in [1.82, 2.24) is 9.80 Å². The van der Waals surface area contributed by atoms with Gasteiger partial charge in [-0.05, 0) is 46.1 Å². The second kappa shape index (κ2) is 6.90. The summed E-state index contributed by atoms with van der Waals surface area (Å²) in [5.41, 5.74) is 6.03. The fraction of sp³-hybridized carbons (Fsp3) is 0.938. The zero-order valence-electron chi connectivity index (χ0n) is 13.3. The third-order valence-electron chi connectivity index (χ3n) is 5.30.